The Hall–Kier alpha value is -0.640. The molecule has 0 aliphatic heterocycles. The second kappa shape index (κ2) is 2.52. The lowest BCUT2D eigenvalue weighted by atomic mass is 10.4. The summed E-state index contributed by atoms with van der Waals surface area (Å²) in [4.78, 5) is 9.79. The van der Waals surface area contributed by atoms with Gasteiger partial charge < -0.3 is 10.8 Å². The molecule has 4 heteroatoms. The third kappa shape index (κ3) is 2.11. The van der Waals surface area contributed by atoms with Crippen LogP contribution in [0, 0.1) is 0 Å². The Morgan fingerprint density at radius 2 is 2.86 bits per heavy atom. The fourth-order valence-electron chi connectivity index (χ4n) is 0.0467. The van der Waals surface area contributed by atoms with Crippen LogP contribution in [0.5, 0.6) is 0 Å². The monoisotopic (exact) mass is 109 g/mol. The Labute approximate surface area is 42.7 Å². The smallest absolute Gasteiger partial charge is 0.323 e. The summed E-state index contributed by atoms with van der Waals surface area (Å²) in [5.74, 6) is -1.84. The van der Waals surface area contributed by atoms with E-state index in [1.54, 1.807) is 0 Å². The van der Waals surface area contributed by atoms with Gasteiger partial charge in [0.15, 0.2) is 0 Å². The molecule has 0 amide bonds. The summed E-state index contributed by atoms with van der Waals surface area (Å²) in [5, 5.41) is 7.94. The molecule has 7 heavy (non-hydrogen) atoms. The number of rotatable bonds is 2. The van der Waals surface area contributed by atoms with Crippen molar-refractivity contribution in [1.82, 2.24) is 0 Å². The zero-order valence-corrected chi connectivity index (χ0v) is 3.39. The van der Waals surface area contributed by atoms with Crippen molar-refractivity contribution >= 4 is 5.97 Å². The van der Waals surface area contributed by atoms with Gasteiger partial charge in [0.2, 0.25) is 0 Å². The van der Waals surface area contributed by atoms with E-state index in [0.717, 1.165) is 0 Å². The number of carboxylic acid groups (broad SMARTS) is 1. The van der Waals surface area contributed by atoms with Crippen molar-refractivity contribution in [1.29, 1.82) is 0 Å². The molecule has 0 rings (SSSR count). The first kappa shape index (κ1) is 3.37. The predicted octanol–water partition coefficient (Wildman–Crippen LogP) is -0.632. The third-order valence-corrected chi connectivity index (χ3v) is 0.364. The minimum Gasteiger partial charge on any atom is -0.480 e. The SMILES string of the molecule is [2H]C(F)[C@@]([2H])(N)C(=O)O. The highest BCUT2D eigenvalue weighted by Gasteiger charge is 2.08. The molecule has 3 N–H and O–H groups in total. The summed E-state index contributed by atoms with van der Waals surface area (Å²) in [6.07, 6.45) is 0. The lowest BCUT2D eigenvalue weighted by molar-refractivity contribution is -0.138. The van der Waals surface area contributed by atoms with E-state index >= 15 is 0 Å². The summed E-state index contributed by atoms with van der Waals surface area (Å²) in [6, 6.07) is -2.83. The second-order valence-electron chi connectivity index (χ2n) is 0.870. The summed E-state index contributed by atoms with van der Waals surface area (Å²) < 4.78 is 24.3. The Morgan fingerprint density at radius 3 is 2.86 bits per heavy atom. The zero-order valence-electron chi connectivity index (χ0n) is 5.39. The highest BCUT2D eigenvalue weighted by Crippen LogP contribution is 1.76. The Balaban J connectivity index is 4.19. The Morgan fingerprint density at radius 1 is 2.43 bits per heavy atom. The summed E-state index contributed by atoms with van der Waals surface area (Å²) in [7, 11) is 0. The molecule has 0 saturated heterocycles. The molecule has 42 valence electrons. The highest BCUT2D eigenvalue weighted by molar-refractivity contribution is 5.73. The van der Waals surface area contributed by atoms with Gasteiger partial charge in [0.1, 0.15) is 12.7 Å². The Kier molecular flexibility index (Phi) is 1.21. The molecule has 0 fully saturated rings. The van der Waals surface area contributed by atoms with Gasteiger partial charge in [0.25, 0.3) is 0 Å². The van der Waals surface area contributed by atoms with E-state index in [1.165, 1.54) is 0 Å². The van der Waals surface area contributed by atoms with E-state index in [0.29, 0.717) is 0 Å². The van der Waals surface area contributed by atoms with Gasteiger partial charge in [0, 0.05) is 0 Å². The minimum absolute atomic E-state index is 1.84. The van der Waals surface area contributed by atoms with Crippen molar-refractivity contribution in [2.24, 2.45) is 5.73 Å². The number of halogens is 1. The van der Waals surface area contributed by atoms with Gasteiger partial charge >= 0.3 is 5.97 Å². The summed E-state index contributed by atoms with van der Waals surface area (Å²) >= 11 is 0. The van der Waals surface area contributed by atoms with Crippen LogP contribution in [0.2, 0.25) is 0 Å². The lowest BCUT2D eigenvalue weighted by Crippen LogP contribution is -2.31. The maximum Gasteiger partial charge on any atom is 0.323 e. The molecule has 0 radical (unpaired) electrons. The van der Waals surface area contributed by atoms with Crippen LogP contribution in [0.4, 0.5) is 4.39 Å². The maximum atomic E-state index is 11.7. The predicted molar refractivity (Wildman–Crippen MR) is 21.6 cm³/mol. The first-order valence-electron chi connectivity index (χ1n) is 2.55. The van der Waals surface area contributed by atoms with Gasteiger partial charge in [-0.2, -0.15) is 0 Å². The van der Waals surface area contributed by atoms with Crippen molar-refractivity contribution in [2.75, 3.05) is 6.65 Å². The summed E-state index contributed by atoms with van der Waals surface area (Å²) in [5.41, 5.74) is 4.51. The van der Waals surface area contributed by atoms with Crippen LogP contribution in [0.3, 0.4) is 0 Å². The average Bonchev–Trinajstić information content (AvgIpc) is 1.65. The topological polar surface area (TPSA) is 63.3 Å². The molecular formula is C3H6FNO2. The molecule has 0 aliphatic rings. The second-order valence-corrected chi connectivity index (χ2v) is 0.870. The summed E-state index contributed by atoms with van der Waals surface area (Å²) in [6.45, 7) is -2.62. The standard InChI is InChI=1S/C3H6FNO2/c4-1-2(5)3(6)7/h2H,1,5H2,(H,6,7)/t2-/m1/s1/i1D,2D/t1?,2-. The Bertz CT molecular complexity index is 127. The molecular weight excluding hydrogens is 101 g/mol. The molecule has 3 nitrogen and oxygen atoms in total. The molecule has 0 aliphatic carbocycles. The first-order chi connectivity index (χ1) is 3.89. The van der Waals surface area contributed by atoms with E-state index in [-0.39, 0.29) is 0 Å². The maximum absolute atomic E-state index is 11.7. The third-order valence-electron chi connectivity index (χ3n) is 0.364. The van der Waals surface area contributed by atoms with E-state index in [4.69, 9.17) is 7.85 Å². The van der Waals surface area contributed by atoms with Crippen molar-refractivity contribution in [2.45, 2.75) is 6.02 Å². The largest absolute Gasteiger partial charge is 0.480 e. The van der Waals surface area contributed by atoms with E-state index in [2.05, 4.69) is 5.73 Å². The number of carboxylic acids is 1. The number of hydrogen-bond donors (Lipinski definition) is 2. The van der Waals surface area contributed by atoms with Crippen molar-refractivity contribution < 1.29 is 17.0 Å². The number of alkyl halides is 1. The number of nitrogens with two attached hydrogens (primary N) is 1. The zero-order chi connectivity index (χ0) is 7.65. The number of aliphatic carboxylic acids is 1. The van der Waals surface area contributed by atoms with E-state index < -0.39 is 18.6 Å². The molecule has 1 unspecified atom stereocenters. The van der Waals surface area contributed by atoms with E-state index in [9.17, 15) is 9.18 Å². The molecule has 0 aromatic carbocycles. The molecule has 0 spiro atoms. The molecule has 0 saturated carbocycles. The van der Waals surface area contributed by atoms with Crippen molar-refractivity contribution in [3.8, 4) is 0 Å². The van der Waals surface area contributed by atoms with Gasteiger partial charge in [-0.25, -0.2) is 4.39 Å². The van der Waals surface area contributed by atoms with Gasteiger partial charge in [0.05, 0.1) is 2.74 Å². The normalized spacial score (nSPS) is 26.6. The fraction of sp³-hybridized carbons (Fsp3) is 0.667. The van der Waals surface area contributed by atoms with Crippen LogP contribution in [0.1, 0.15) is 2.74 Å². The van der Waals surface area contributed by atoms with Crippen molar-refractivity contribution in [3.63, 3.8) is 0 Å². The van der Waals surface area contributed by atoms with Crippen LogP contribution in [-0.4, -0.2) is 23.7 Å². The van der Waals surface area contributed by atoms with Crippen LogP contribution in [-0.2, 0) is 4.79 Å². The van der Waals surface area contributed by atoms with Gasteiger partial charge in [-0.3, -0.25) is 4.79 Å². The molecule has 0 aromatic heterocycles. The van der Waals surface area contributed by atoms with Gasteiger partial charge in [-0.15, -0.1) is 0 Å². The first-order valence-corrected chi connectivity index (χ1v) is 1.47. The van der Waals surface area contributed by atoms with Crippen LogP contribution in [0.15, 0.2) is 0 Å². The highest BCUT2D eigenvalue weighted by atomic mass is 19.1. The number of carbonyl (C=O) groups is 1. The molecule has 0 bridgehead atoms. The van der Waals surface area contributed by atoms with Crippen LogP contribution >= 0.6 is 0 Å². The van der Waals surface area contributed by atoms with Crippen molar-refractivity contribution in [3.05, 3.63) is 0 Å². The van der Waals surface area contributed by atoms with Crippen LogP contribution in [0.25, 0.3) is 0 Å². The van der Waals surface area contributed by atoms with Crippen LogP contribution < -0.4 is 5.73 Å². The number of hydrogen-bond acceptors (Lipinski definition) is 2. The molecule has 2 atom stereocenters. The van der Waals surface area contributed by atoms with Gasteiger partial charge in [-0.05, 0) is 0 Å². The average molecular weight is 109 g/mol. The van der Waals surface area contributed by atoms with Gasteiger partial charge in [-0.1, -0.05) is 0 Å². The lowest BCUT2D eigenvalue weighted by Gasteiger charge is -1.94. The quantitative estimate of drug-likeness (QED) is 0.496. The molecule has 0 heterocycles. The van der Waals surface area contributed by atoms with E-state index in [1.807, 2.05) is 0 Å². The minimum atomic E-state index is -2.83. The molecule has 0 aromatic rings. The fourth-order valence-corrected chi connectivity index (χ4v) is 0.0467.